The minimum Gasteiger partial charge on any atom is -0.490 e. The lowest BCUT2D eigenvalue weighted by Crippen LogP contribution is -2.49. The highest BCUT2D eigenvalue weighted by molar-refractivity contribution is 5.41. The van der Waals surface area contributed by atoms with Crippen molar-refractivity contribution in [2.45, 2.75) is 18.6 Å². The van der Waals surface area contributed by atoms with E-state index in [-0.39, 0.29) is 6.10 Å². The minimum atomic E-state index is 0.261. The number of hydrogen-bond acceptors (Lipinski definition) is 4. The maximum absolute atomic E-state index is 6.11. The molecule has 1 aromatic rings. The number of rotatable bonds is 2. The van der Waals surface area contributed by atoms with Gasteiger partial charge in [-0.3, -0.25) is 0 Å². The molecule has 4 heteroatoms. The van der Waals surface area contributed by atoms with E-state index in [0.29, 0.717) is 12.0 Å². The summed E-state index contributed by atoms with van der Waals surface area (Å²) in [7, 11) is 2.17. The van der Waals surface area contributed by atoms with Crippen LogP contribution in [0.3, 0.4) is 0 Å². The first-order valence-electron chi connectivity index (χ1n) is 6.52. The van der Waals surface area contributed by atoms with E-state index < -0.39 is 0 Å². The van der Waals surface area contributed by atoms with Gasteiger partial charge in [0.15, 0.2) is 0 Å². The van der Waals surface area contributed by atoms with Crippen molar-refractivity contribution in [2.24, 2.45) is 5.92 Å². The zero-order valence-electron chi connectivity index (χ0n) is 10.7. The van der Waals surface area contributed by atoms with Crippen LogP contribution in [0.25, 0.3) is 0 Å². The third-order valence-electron chi connectivity index (χ3n) is 3.99. The maximum Gasteiger partial charge on any atom is 0.119 e. The van der Waals surface area contributed by atoms with Gasteiger partial charge in [0.25, 0.3) is 0 Å². The minimum absolute atomic E-state index is 0.261. The maximum atomic E-state index is 6.11. The van der Waals surface area contributed by atoms with E-state index in [9.17, 15) is 0 Å². The van der Waals surface area contributed by atoms with Gasteiger partial charge in [-0.05, 0) is 31.3 Å². The van der Waals surface area contributed by atoms with Gasteiger partial charge in [0.2, 0.25) is 0 Å². The molecular weight excluding hydrogens is 228 g/mol. The topological polar surface area (TPSA) is 47.7 Å². The molecule has 0 saturated carbocycles. The third-order valence-corrected chi connectivity index (χ3v) is 3.99. The lowest BCUT2D eigenvalue weighted by molar-refractivity contribution is 0.0392. The molecular formula is C14H20N2O2. The van der Waals surface area contributed by atoms with Crippen LogP contribution in [0.4, 0.5) is 5.69 Å². The smallest absolute Gasteiger partial charge is 0.119 e. The summed E-state index contributed by atoms with van der Waals surface area (Å²) in [6.45, 7) is 2.69. The van der Waals surface area contributed by atoms with E-state index in [4.69, 9.17) is 15.2 Å². The predicted octanol–water partition coefficient (Wildman–Crippen LogP) is 1.37. The van der Waals surface area contributed by atoms with E-state index in [1.54, 1.807) is 0 Å². The highest BCUT2D eigenvalue weighted by Gasteiger charge is 2.38. The predicted molar refractivity (Wildman–Crippen MR) is 70.6 cm³/mol. The Balaban J connectivity index is 1.71. The van der Waals surface area contributed by atoms with Gasteiger partial charge < -0.3 is 20.1 Å². The molecule has 3 fully saturated rings. The molecule has 98 valence electrons. The van der Waals surface area contributed by atoms with Gasteiger partial charge in [-0.15, -0.1) is 0 Å². The van der Waals surface area contributed by atoms with Crippen molar-refractivity contribution in [3.05, 3.63) is 24.3 Å². The molecule has 4 rings (SSSR count). The van der Waals surface area contributed by atoms with Crippen LogP contribution in [-0.2, 0) is 4.74 Å². The van der Waals surface area contributed by atoms with Gasteiger partial charge in [-0.25, -0.2) is 0 Å². The number of ether oxygens (including phenoxy) is 2. The Kier molecular flexibility index (Phi) is 3.14. The summed E-state index contributed by atoms with van der Waals surface area (Å²) < 4.78 is 11.8. The molecule has 3 atom stereocenters. The average Bonchev–Trinajstić information content (AvgIpc) is 2.65. The zero-order valence-corrected chi connectivity index (χ0v) is 10.7. The first-order valence-corrected chi connectivity index (χ1v) is 6.52. The Hall–Kier alpha value is -1.26. The van der Waals surface area contributed by atoms with Crippen molar-refractivity contribution in [2.75, 3.05) is 32.5 Å². The molecule has 2 bridgehead atoms. The highest BCUT2D eigenvalue weighted by Crippen LogP contribution is 2.29. The summed E-state index contributed by atoms with van der Waals surface area (Å²) in [6, 6.07) is 8.14. The molecule has 3 aliphatic heterocycles. The summed E-state index contributed by atoms with van der Waals surface area (Å²) >= 11 is 0. The van der Waals surface area contributed by atoms with Crippen molar-refractivity contribution >= 4 is 5.69 Å². The standard InChI is InChI=1S/C14H20N2O2/c1-16-7-10-8-17-9-12(16)6-14(10)18-13-4-2-11(15)3-5-13/h2-5,10,12,14H,6-9,15H2,1H3/t10?,12-,14+/m0/s1. The average molecular weight is 248 g/mol. The second-order valence-electron chi connectivity index (χ2n) is 5.35. The van der Waals surface area contributed by atoms with E-state index in [1.807, 2.05) is 24.3 Å². The molecule has 1 aromatic carbocycles. The molecule has 3 aliphatic rings. The molecule has 18 heavy (non-hydrogen) atoms. The van der Waals surface area contributed by atoms with Gasteiger partial charge in [0.1, 0.15) is 11.9 Å². The second-order valence-corrected chi connectivity index (χ2v) is 5.35. The lowest BCUT2D eigenvalue weighted by Gasteiger charge is -2.38. The van der Waals surface area contributed by atoms with Gasteiger partial charge in [-0.1, -0.05) is 0 Å². The number of piperidine rings is 1. The molecule has 1 unspecified atom stereocenters. The number of likely N-dealkylation sites (N-methyl/N-ethyl adjacent to an activating group) is 1. The molecule has 0 radical (unpaired) electrons. The Morgan fingerprint density at radius 2 is 2.06 bits per heavy atom. The van der Waals surface area contributed by atoms with Crippen molar-refractivity contribution in [3.8, 4) is 5.75 Å². The summed E-state index contributed by atoms with van der Waals surface area (Å²) in [4.78, 5) is 2.39. The zero-order chi connectivity index (χ0) is 12.5. The molecule has 0 aliphatic carbocycles. The van der Waals surface area contributed by atoms with E-state index in [2.05, 4.69) is 11.9 Å². The Labute approximate surface area is 108 Å². The second kappa shape index (κ2) is 4.78. The van der Waals surface area contributed by atoms with Crippen molar-refractivity contribution in [1.82, 2.24) is 4.90 Å². The Morgan fingerprint density at radius 1 is 1.28 bits per heavy atom. The molecule has 0 amide bonds. The van der Waals surface area contributed by atoms with Crippen LogP contribution in [0.5, 0.6) is 5.75 Å². The molecule has 0 aromatic heterocycles. The van der Waals surface area contributed by atoms with Crippen molar-refractivity contribution in [3.63, 3.8) is 0 Å². The number of benzene rings is 1. The molecule has 4 nitrogen and oxygen atoms in total. The van der Waals surface area contributed by atoms with E-state index in [0.717, 1.165) is 37.6 Å². The molecule has 3 heterocycles. The fourth-order valence-corrected chi connectivity index (χ4v) is 2.85. The Morgan fingerprint density at radius 3 is 2.83 bits per heavy atom. The van der Waals surface area contributed by atoms with E-state index in [1.165, 1.54) is 0 Å². The number of nitrogens with zero attached hydrogens (tertiary/aromatic N) is 1. The van der Waals surface area contributed by atoms with Crippen molar-refractivity contribution in [1.29, 1.82) is 0 Å². The Bertz CT molecular complexity index is 407. The molecule has 3 saturated heterocycles. The molecule has 2 N–H and O–H groups in total. The van der Waals surface area contributed by atoms with Gasteiger partial charge in [0, 0.05) is 30.6 Å². The summed E-state index contributed by atoms with van der Waals surface area (Å²) in [5.41, 5.74) is 6.45. The van der Waals surface area contributed by atoms with Crippen LogP contribution in [0.15, 0.2) is 24.3 Å². The van der Waals surface area contributed by atoms with Gasteiger partial charge >= 0.3 is 0 Å². The van der Waals surface area contributed by atoms with Crippen LogP contribution in [0, 0.1) is 5.92 Å². The van der Waals surface area contributed by atoms with Crippen molar-refractivity contribution < 1.29 is 9.47 Å². The number of anilines is 1. The lowest BCUT2D eigenvalue weighted by atomic mass is 9.92. The SMILES string of the molecule is CN1CC2COC[C@@H]1C[C@H]2Oc1ccc(N)cc1. The largest absolute Gasteiger partial charge is 0.490 e. The number of nitrogens with two attached hydrogens (primary N) is 1. The fraction of sp³-hybridized carbons (Fsp3) is 0.571. The van der Waals surface area contributed by atoms with Crippen LogP contribution in [0.1, 0.15) is 6.42 Å². The van der Waals surface area contributed by atoms with Crippen LogP contribution in [0.2, 0.25) is 0 Å². The monoisotopic (exact) mass is 248 g/mol. The summed E-state index contributed by atoms with van der Waals surface area (Å²) in [5.74, 6) is 1.37. The fourth-order valence-electron chi connectivity index (χ4n) is 2.85. The molecule has 0 spiro atoms. The third kappa shape index (κ3) is 2.31. The first kappa shape index (κ1) is 11.8. The number of hydrogen-bond donors (Lipinski definition) is 1. The van der Waals surface area contributed by atoms with Crippen LogP contribution in [-0.4, -0.2) is 43.9 Å². The van der Waals surface area contributed by atoms with Crippen LogP contribution < -0.4 is 10.5 Å². The van der Waals surface area contributed by atoms with E-state index >= 15 is 0 Å². The first-order chi connectivity index (χ1) is 8.72. The van der Waals surface area contributed by atoms with Gasteiger partial charge in [-0.2, -0.15) is 0 Å². The number of fused-ring (bicyclic) bond motifs is 4. The van der Waals surface area contributed by atoms with Crippen LogP contribution >= 0.6 is 0 Å². The number of nitrogen functional groups attached to an aromatic ring is 1. The summed E-state index contributed by atoms with van der Waals surface area (Å²) in [6.07, 6.45) is 1.31. The van der Waals surface area contributed by atoms with Gasteiger partial charge in [0.05, 0.1) is 13.2 Å². The quantitative estimate of drug-likeness (QED) is 0.803. The highest BCUT2D eigenvalue weighted by atomic mass is 16.5. The summed E-state index contributed by atoms with van der Waals surface area (Å²) in [5, 5.41) is 0. The normalized spacial score (nSPS) is 32.2.